The number of nitriles is 1. The number of morpholine rings is 1. The van der Waals surface area contributed by atoms with Crippen LogP contribution in [0.15, 0.2) is 29.2 Å². The molecular formula is C13H17N3O3S. The molecule has 0 spiro atoms. The van der Waals surface area contributed by atoms with E-state index in [0.29, 0.717) is 18.7 Å². The molecule has 1 fully saturated rings. The fourth-order valence-corrected chi connectivity index (χ4v) is 3.28. The fraction of sp³-hybridized carbons (Fsp3) is 0.462. The van der Waals surface area contributed by atoms with Crippen LogP contribution in [0.2, 0.25) is 0 Å². The minimum Gasteiger partial charge on any atom is -0.374 e. The van der Waals surface area contributed by atoms with Crippen LogP contribution in [0.3, 0.4) is 0 Å². The summed E-state index contributed by atoms with van der Waals surface area (Å²) >= 11 is 0. The molecule has 1 aromatic carbocycles. The predicted molar refractivity (Wildman–Crippen MR) is 73.6 cm³/mol. The lowest BCUT2D eigenvalue weighted by molar-refractivity contribution is 0.0206. The molecule has 0 aromatic heterocycles. The van der Waals surface area contributed by atoms with E-state index in [-0.39, 0.29) is 17.5 Å². The van der Waals surface area contributed by atoms with Gasteiger partial charge in [-0.2, -0.15) is 9.57 Å². The van der Waals surface area contributed by atoms with Crippen molar-refractivity contribution in [3.05, 3.63) is 29.8 Å². The van der Waals surface area contributed by atoms with Gasteiger partial charge in [-0.1, -0.05) is 6.07 Å². The first kappa shape index (κ1) is 14.9. The lowest BCUT2D eigenvalue weighted by Gasteiger charge is -2.27. The molecule has 0 saturated carbocycles. The summed E-state index contributed by atoms with van der Waals surface area (Å²) < 4.78 is 31.6. The smallest absolute Gasteiger partial charge is 0.242 e. The Labute approximate surface area is 119 Å². The van der Waals surface area contributed by atoms with Crippen molar-refractivity contribution in [3.8, 4) is 6.07 Å². The monoisotopic (exact) mass is 295 g/mol. The SMILES string of the molecule is CN(CC1CNCCO1)S(=O)(=O)c1cccc(C#N)c1. The van der Waals surface area contributed by atoms with Crippen molar-refractivity contribution in [1.29, 1.82) is 5.26 Å². The maximum absolute atomic E-state index is 12.4. The van der Waals surface area contributed by atoms with Crippen molar-refractivity contribution < 1.29 is 13.2 Å². The van der Waals surface area contributed by atoms with Crippen molar-refractivity contribution in [2.24, 2.45) is 0 Å². The van der Waals surface area contributed by atoms with Gasteiger partial charge in [0.05, 0.1) is 29.2 Å². The average molecular weight is 295 g/mol. The van der Waals surface area contributed by atoms with Crippen molar-refractivity contribution in [2.75, 3.05) is 33.3 Å². The Morgan fingerprint density at radius 2 is 2.35 bits per heavy atom. The fourth-order valence-electron chi connectivity index (χ4n) is 2.03. The Kier molecular flexibility index (Phi) is 4.73. The summed E-state index contributed by atoms with van der Waals surface area (Å²) in [6.07, 6.45) is -0.150. The molecule has 1 heterocycles. The van der Waals surface area contributed by atoms with E-state index in [2.05, 4.69) is 5.32 Å². The van der Waals surface area contributed by atoms with Gasteiger partial charge in [0.2, 0.25) is 10.0 Å². The number of sulfonamides is 1. The minimum atomic E-state index is -3.60. The van der Waals surface area contributed by atoms with Gasteiger partial charge in [0.15, 0.2) is 0 Å². The molecule has 0 radical (unpaired) electrons. The second-order valence-electron chi connectivity index (χ2n) is 4.62. The quantitative estimate of drug-likeness (QED) is 0.856. The number of ether oxygens (including phenoxy) is 1. The third-order valence-corrected chi connectivity index (χ3v) is 4.96. The molecule has 1 atom stereocenters. The van der Waals surface area contributed by atoms with E-state index >= 15 is 0 Å². The second kappa shape index (κ2) is 6.33. The predicted octanol–water partition coefficient (Wildman–Crippen LogP) is 0.167. The van der Waals surface area contributed by atoms with Crippen LogP contribution >= 0.6 is 0 Å². The Balaban J connectivity index is 2.14. The first-order valence-electron chi connectivity index (χ1n) is 6.33. The first-order chi connectivity index (χ1) is 9.54. The number of benzene rings is 1. The van der Waals surface area contributed by atoms with E-state index in [0.717, 1.165) is 6.54 Å². The molecule has 0 aliphatic carbocycles. The zero-order valence-electron chi connectivity index (χ0n) is 11.2. The van der Waals surface area contributed by atoms with Crippen molar-refractivity contribution in [1.82, 2.24) is 9.62 Å². The summed E-state index contributed by atoms with van der Waals surface area (Å²) in [5, 5.41) is 12.0. The van der Waals surface area contributed by atoms with Gasteiger partial charge in [-0.15, -0.1) is 0 Å². The summed E-state index contributed by atoms with van der Waals surface area (Å²) in [6, 6.07) is 7.96. The highest BCUT2D eigenvalue weighted by molar-refractivity contribution is 7.89. The van der Waals surface area contributed by atoms with Crippen LogP contribution in [0.25, 0.3) is 0 Å². The van der Waals surface area contributed by atoms with Gasteiger partial charge in [0.25, 0.3) is 0 Å². The van der Waals surface area contributed by atoms with Crippen LogP contribution in [0.1, 0.15) is 5.56 Å². The number of hydrogen-bond donors (Lipinski definition) is 1. The summed E-state index contributed by atoms with van der Waals surface area (Å²) in [6.45, 7) is 2.30. The number of likely N-dealkylation sites (N-methyl/N-ethyl adjacent to an activating group) is 1. The van der Waals surface area contributed by atoms with E-state index in [1.165, 1.54) is 23.5 Å². The highest BCUT2D eigenvalue weighted by atomic mass is 32.2. The maximum atomic E-state index is 12.4. The highest BCUT2D eigenvalue weighted by Gasteiger charge is 2.25. The topological polar surface area (TPSA) is 82.4 Å². The normalized spacial score (nSPS) is 19.8. The Morgan fingerprint density at radius 3 is 3.00 bits per heavy atom. The van der Waals surface area contributed by atoms with Crippen molar-refractivity contribution in [3.63, 3.8) is 0 Å². The summed E-state index contributed by atoms with van der Waals surface area (Å²) in [5.74, 6) is 0. The molecule has 1 unspecified atom stereocenters. The molecular weight excluding hydrogens is 278 g/mol. The number of nitrogens with zero attached hydrogens (tertiary/aromatic N) is 2. The largest absolute Gasteiger partial charge is 0.374 e. The summed E-state index contributed by atoms with van der Waals surface area (Å²) in [4.78, 5) is 0.128. The number of nitrogens with one attached hydrogen (secondary N) is 1. The first-order valence-corrected chi connectivity index (χ1v) is 7.77. The Morgan fingerprint density at radius 1 is 1.55 bits per heavy atom. The molecule has 1 aliphatic heterocycles. The van der Waals surface area contributed by atoms with E-state index in [1.54, 1.807) is 12.1 Å². The Hall–Kier alpha value is -1.46. The molecule has 1 saturated heterocycles. The molecule has 1 aliphatic rings. The standard InChI is InChI=1S/C13H17N3O3S/c1-16(10-12-9-15-5-6-19-12)20(17,18)13-4-2-3-11(7-13)8-14/h2-4,7,12,15H,5-6,9-10H2,1H3. The van der Waals surface area contributed by atoms with Gasteiger partial charge in [0, 0.05) is 26.7 Å². The molecule has 0 amide bonds. The van der Waals surface area contributed by atoms with E-state index < -0.39 is 10.0 Å². The van der Waals surface area contributed by atoms with Gasteiger partial charge in [-0.3, -0.25) is 0 Å². The van der Waals surface area contributed by atoms with Crippen LogP contribution in [0, 0.1) is 11.3 Å². The number of rotatable bonds is 4. The van der Waals surface area contributed by atoms with E-state index in [9.17, 15) is 8.42 Å². The van der Waals surface area contributed by atoms with Crippen molar-refractivity contribution >= 4 is 10.0 Å². The van der Waals surface area contributed by atoms with Gasteiger partial charge in [0.1, 0.15) is 0 Å². The number of hydrogen-bond acceptors (Lipinski definition) is 5. The lowest BCUT2D eigenvalue weighted by atomic mass is 10.2. The molecule has 6 nitrogen and oxygen atoms in total. The van der Waals surface area contributed by atoms with Crippen molar-refractivity contribution in [2.45, 2.75) is 11.0 Å². The molecule has 2 rings (SSSR count). The van der Waals surface area contributed by atoms with Gasteiger partial charge in [-0.05, 0) is 18.2 Å². The molecule has 0 bridgehead atoms. The molecule has 1 aromatic rings. The summed E-state index contributed by atoms with van der Waals surface area (Å²) in [5.41, 5.74) is 0.329. The van der Waals surface area contributed by atoms with Crippen LogP contribution in [0.5, 0.6) is 0 Å². The highest BCUT2D eigenvalue weighted by Crippen LogP contribution is 2.16. The average Bonchev–Trinajstić information content (AvgIpc) is 2.48. The zero-order valence-corrected chi connectivity index (χ0v) is 12.1. The molecule has 7 heteroatoms. The van der Waals surface area contributed by atoms with Crippen LogP contribution in [0.4, 0.5) is 0 Å². The third-order valence-electron chi connectivity index (χ3n) is 3.14. The summed E-state index contributed by atoms with van der Waals surface area (Å²) in [7, 11) is -2.08. The third kappa shape index (κ3) is 3.35. The van der Waals surface area contributed by atoms with Crippen LogP contribution in [-0.4, -0.2) is 52.1 Å². The van der Waals surface area contributed by atoms with Gasteiger partial charge >= 0.3 is 0 Å². The molecule has 108 valence electrons. The van der Waals surface area contributed by atoms with Crippen LogP contribution in [-0.2, 0) is 14.8 Å². The van der Waals surface area contributed by atoms with Gasteiger partial charge < -0.3 is 10.1 Å². The minimum absolute atomic E-state index is 0.128. The lowest BCUT2D eigenvalue weighted by Crippen LogP contribution is -2.45. The maximum Gasteiger partial charge on any atom is 0.242 e. The Bertz CT molecular complexity index is 604. The molecule has 1 N–H and O–H groups in total. The zero-order chi connectivity index (χ0) is 14.6. The van der Waals surface area contributed by atoms with Crippen LogP contribution < -0.4 is 5.32 Å². The second-order valence-corrected chi connectivity index (χ2v) is 6.67. The van der Waals surface area contributed by atoms with E-state index in [4.69, 9.17) is 10.00 Å². The van der Waals surface area contributed by atoms with E-state index in [1.807, 2.05) is 6.07 Å². The molecule has 20 heavy (non-hydrogen) atoms. The van der Waals surface area contributed by atoms with Gasteiger partial charge in [-0.25, -0.2) is 8.42 Å².